The average Bonchev–Trinajstić information content (AvgIpc) is 2.44. The Kier molecular flexibility index (Phi) is 4.41. The molecule has 0 bridgehead atoms. The Labute approximate surface area is 131 Å². The molecule has 0 aliphatic heterocycles. The predicted octanol–water partition coefficient (Wildman–Crippen LogP) is 2.56. The molecule has 0 radical (unpaired) electrons. The van der Waals surface area contributed by atoms with E-state index in [2.05, 4.69) is 26.4 Å². The zero-order chi connectivity index (χ0) is 15.6. The van der Waals surface area contributed by atoms with Crippen LogP contribution in [0.3, 0.4) is 0 Å². The quantitative estimate of drug-likeness (QED) is 0.334. The molecule has 1 aliphatic rings. The van der Waals surface area contributed by atoms with Crippen LogP contribution in [0, 0.1) is 11.3 Å². The highest BCUT2D eigenvalue weighted by Gasteiger charge is 2.52. The van der Waals surface area contributed by atoms with Gasteiger partial charge in [-0.05, 0) is 46.8 Å². The monoisotopic (exact) mass is 355 g/mol. The minimum absolute atomic E-state index is 0.0397. The molecule has 1 aromatic carbocycles. The second kappa shape index (κ2) is 5.93. The molecule has 1 aromatic rings. The molecule has 0 saturated heterocycles. The molecular formula is C14H18BrN3O3. The normalized spacial score (nSPS) is 25.1. The van der Waals surface area contributed by atoms with Crippen molar-refractivity contribution in [1.82, 2.24) is 0 Å². The van der Waals surface area contributed by atoms with Gasteiger partial charge in [-0.25, -0.2) is 0 Å². The van der Waals surface area contributed by atoms with Crippen molar-refractivity contribution >= 4 is 33.4 Å². The number of methoxy groups -OCH3 is 1. The number of amides is 1. The molecule has 0 aromatic heterocycles. The summed E-state index contributed by atoms with van der Waals surface area (Å²) in [7, 11) is 1.55. The number of rotatable bonds is 4. The first-order valence-corrected chi connectivity index (χ1v) is 7.35. The van der Waals surface area contributed by atoms with Gasteiger partial charge in [-0.15, -0.1) is 0 Å². The molecule has 1 amide bonds. The molecule has 7 heteroatoms. The summed E-state index contributed by atoms with van der Waals surface area (Å²) in [5.41, 5.74) is 5.40. The van der Waals surface area contributed by atoms with Gasteiger partial charge < -0.3 is 21.0 Å². The first-order valence-electron chi connectivity index (χ1n) is 6.56. The van der Waals surface area contributed by atoms with Gasteiger partial charge >= 0.3 is 0 Å². The lowest BCUT2D eigenvalue weighted by Gasteiger charge is -2.43. The fraction of sp³-hybridized carbons (Fsp3) is 0.429. The summed E-state index contributed by atoms with van der Waals surface area (Å²) < 4.78 is 5.99. The largest absolute Gasteiger partial charge is 0.495 e. The summed E-state index contributed by atoms with van der Waals surface area (Å²) in [6, 6.07) is 5.25. The van der Waals surface area contributed by atoms with E-state index in [9.17, 15) is 4.79 Å². The molecular weight excluding hydrogens is 338 g/mol. The first kappa shape index (κ1) is 15.6. The molecule has 1 fully saturated rings. The lowest BCUT2D eigenvalue weighted by atomic mass is 9.61. The molecule has 0 heterocycles. The van der Waals surface area contributed by atoms with E-state index >= 15 is 0 Å². The minimum Gasteiger partial charge on any atom is -0.495 e. The number of carbonyl (C=O) groups is 1. The number of hydrogen-bond donors (Lipinski definition) is 3. The van der Waals surface area contributed by atoms with Crippen LogP contribution < -0.4 is 15.8 Å². The molecule has 2 rings (SSSR count). The van der Waals surface area contributed by atoms with Gasteiger partial charge in [0.15, 0.2) is 5.84 Å². The van der Waals surface area contributed by atoms with Crippen molar-refractivity contribution in [3.05, 3.63) is 22.7 Å². The number of hydrogen-bond acceptors (Lipinski definition) is 4. The Balaban J connectivity index is 2.20. The second-order valence-electron chi connectivity index (χ2n) is 5.38. The van der Waals surface area contributed by atoms with Crippen LogP contribution in [0.1, 0.15) is 19.8 Å². The fourth-order valence-corrected chi connectivity index (χ4v) is 3.13. The van der Waals surface area contributed by atoms with E-state index in [1.165, 1.54) is 0 Å². The first-order chi connectivity index (χ1) is 9.92. The fourth-order valence-electron chi connectivity index (χ4n) is 2.72. The molecule has 4 N–H and O–H groups in total. The topological polar surface area (TPSA) is 96.9 Å². The highest BCUT2D eigenvalue weighted by molar-refractivity contribution is 9.10. The van der Waals surface area contributed by atoms with Crippen LogP contribution in [0.5, 0.6) is 5.75 Å². The molecule has 1 saturated carbocycles. The van der Waals surface area contributed by atoms with Gasteiger partial charge in [0.1, 0.15) is 11.2 Å². The van der Waals surface area contributed by atoms with Crippen LogP contribution in [-0.4, -0.2) is 24.1 Å². The number of anilines is 1. The van der Waals surface area contributed by atoms with Crippen molar-refractivity contribution in [3.8, 4) is 5.75 Å². The van der Waals surface area contributed by atoms with E-state index in [-0.39, 0.29) is 11.7 Å². The van der Waals surface area contributed by atoms with E-state index in [1.807, 2.05) is 6.92 Å². The number of oxime groups is 1. The Hall–Kier alpha value is -1.76. The van der Waals surface area contributed by atoms with Crippen molar-refractivity contribution < 1.29 is 14.7 Å². The predicted molar refractivity (Wildman–Crippen MR) is 83.6 cm³/mol. The average molecular weight is 356 g/mol. The third-order valence-corrected chi connectivity index (χ3v) is 4.49. The van der Waals surface area contributed by atoms with E-state index in [0.717, 1.165) is 4.47 Å². The molecule has 0 unspecified atom stereocenters. The van der Waals surface area contributed by atoms with Crippen LogP contribution >= 0.6 is 15.9 Å². The number of nitrogens with one attached hydrogen (secondary N) is 1. The van der Waals surface area contributed by atoms with Crippen LogP contribution in [0.15, 0.2) is 27.8 Å². The molecule has 1 aliphatic carbocycles. The van der Waals surface area contributed by atoms with Crippen molar-refractivity contribution in [1.29, 1.82) is 0 Å². The van der Waals surface area contributed by atoms with Crippen LogP contribution in [0.2, 0.25) is 0 Å². The van der Waals surface area contributed by atoms with Crippen LogP contribution in [-0.2, 0) is 4.79 Å². The number of ether oxygens (including phenoxy) is 1. The summed E-state index contributed by atoms with van der Waals surface area (Å²) in [5.74, 6) is 0.686. The Morgan fingerprint density at radius 1 is 1.57 bits per heavy atom. The van der Waals surface area contributed by atoms with Gasteiger partial charge in [0.2, 0.25) is 5.91 Å². The summed E-state index contributed by atoms with van der Waals surface area (Å²) in [6.07, 6.45) is 1.14. The SMILES string of the molecule is COc1cc(NC(=O)C2(/C(N)=N/O)CC(C)C2)ccc1Br. The Morgan fingerprint density at radius 3 is 2.76 bits per heavy atom. The molecule has 21 heavy (non-hydrogen) atoms. The highest BCUT2D eigenvalue weighted by Crippen LogP contribution is 2.46. The van der Waals surface area contributed by atoms with Gasteiger partial charge in [0.25, 0.3) is 0 Å². The van der Waals surface area contributed by atoms with Gasteiger partial charge in [-0.1, -0.05) is 12.1 Å². The number of nitrogens with zero attached hydrogens (tertiary/aromatic N) is 1. The lowest BCUT2D eigenvalue weighted by molar-refractivity contribution is -0.127. The van der Waals surface area contributed by atoms with Gasteiger partial charge in [-0.2, -0.15) is 0 Å². The molecule has 0 spiro atoms. The minimum atomic E-state index is -0.922. The summed E-state index contributed by atoms with van der Waals surface area (Å²) in [6.45, 7) is 2.03. The third-order valence-electron chi connectivity index (χ3n) is 3.84. The number of amidine groups is 1. The number of nitrogens with two attached hydrogens (primary N) is 1. The molecule has 0 atom stereocenters. The Morgan fingerprint density at radius 2 is 2.24 bits per heavy atom. The number of halogens is 1. The van der Waals surface area contributed by atoms with Crippen molar-refractivity contribution in [3.63, 3.8) is 0 Å². The second-order valence-corrected chi connectivity index (χ2v) is 6.24. The lowest BCUT2D eigenvalue weighted by Crippen LogP contribution is -2.54. The Bertz CT molecular complexity index is 583. The van der Waals surface area contributed by atoms with E-state index in [1.54, 1.807) is 25.3 Å². The van der Waals surface area contributed by atoms with Gasteiger partial charge in [-0.3, -0.25) is 4.79 Å². The summed E-state index contributed by atoms with van der Waals surface area (Å²) in [5, 5.41) is 14.8. The van der Waals surface area contributed by atoms with Crippen molar-refractivity contribution in [2.75, 3.05) is 12.4 Å². The maximum absolute atomic E-state index is 12.5. The maximum atomic E-state index is 12.5. The zero-order valence-corrected chi connectivity index (χ0v) is 13.5. The molecule has 6 nitrogen and oxygen atoms in total. The summed E-state index contributed by atoms with van der Waals surface area (Å²) >= 11 is 3.35. The van der Waals surface area contributed by atoms with E-state index in [0.29, 0.717) is 30.2 Å². The molecule has 114 valence electrons. The third kappa shape index (κ3) is 2.83. The standard InChI is InChI=1S/C14H18BrN3O3/c1-8-6-14(7-8,12(16)18-20)13(19)17-9-3-4-10(15)11(5-9)21-2/h3-5,8,20H,6-7H2,1-2H3,(H2,16,18)(H,17,19). The zero-order valence-electron chi connectivity index (χ0n) is 11.9. The number of benzene rings is 1. The van der Waals surface area contributed by atoms with Crippen molar-refractivity contribution in [2.45, 2.75) is 19.8 Å². The maximum Gasteiger partial charge on any atom is 0.238 e. The van der Waals surface area contributed by atoms with Crippen molar-refractivity contribution in [2.24, 2.45) is 22.2 Å². The smallest absolute Gasteiger partial charge is 0.238 e. The van der Waals surface area contributed by atoms with Crippen LogP contribution in [0.4, 0.5) is 5.69 Å². The van der Waals surface area contributed by atoms with Gasteiger partial charge in [0.05, 0.1) is 11.6 Å². The number of carbonyl (C=O) groups excluding carboxylic acids is 1. The van der Waals surface area contributed by atoms with Crippen LogP contribution in [0.25, 0.3) is 0 Å². The van der Waals surface area contributed by atoms with Gasteiger partial charge in [0, 0.05) is 11.8 Å². The van der Waals surface area contributed by atoms with E-state index in [4.69, 9.17) is 15.7 Å². The highest BCUT2D eigenvalue weighted by atomic mass is 79.9. The van der Waals surface area contributed by atoms with E-state index < -0.39 is 5.41 Å². The summed E-state index contributed by atoms with van der Waals surface area (Å²) in [4.78, 5) is 12.5.